The van der Waals surface area contributed by atoms with E-state index in [-0.39, 0.29) is 18.5 Å². The Morgan fingerprint density at radius 2 is 1.79 bits per heavy atom. The second-order valence-electron chi connectivity index (χ2n) is 7.45. The van der Waals surface area contributed by atoms with E-state index < -0.39 is 18.1 Å². The summed E-state index contributed by atoms with van der Waals surface area (Å²) in [7, 11) is 0. The Bertz CT molecular complexity index is 838. The highest BCUT2D eigenvalue weighted by Crippen LogP contribution is 2.39. The minimum absolute atomic E-state index is 0.0338. The average molecular weight is 408 g/mol. The molecule has 4 nitrogen and oxygen atoms in total. The van der Waals surface area contributed by atoms with Crippen LogP contribution in [0.15, 0.2) is 36.4 Å². The quantitative estimate of drug-likeness (QED) is 0.555. The van der Waals surface area contributed by atoms with Crippen LogP contribution in [0, 0.1) is 0 Å². The highest BCUT2D eigenvalue weighted by molar-refractivity contribution is 5.84. The van der Waals surface area contributed by atoms with E-state index in [2.05, 4.69) is 12.3 Å². The zero-order valence-electron chi connectivity index (χ0n) is 16.6. The number of alkyl halides is 3. The van der Waals surface area contributed by atoms with Crippen molar-refractivity contribution >= 4 is 16.7 Å². The Kier molecular flexibility index (Phi) is 7.00. The van der Waals surface area contributed by atoms with Crippen molar-refractivity contribution in [2.24, 2.45) is 0 Å². The van der Waals surface area contributed by atoms with E-state index in [0.717, 1.165) is 29.0 Å². The average Bonchev–Trinajstić information content (AvgIpc) is 3.09. The van der Waals surface area contributed by atoms with E-state index in [4.69, 9.17) is 4.74 Å². The smallest absolute Gasteiger partial charge is 0.409 e. The number of benzene rings is 2. The molecule has 7 heteroatoms. The number of nitrogens with one attached hydrogen (secondary N) is 1. The van der Waals surface area contributed by atoms with Crippen LogP contribution in [0.2, 0.25) is 0 Å². The molecular weight excluding hydrogens is 381 g/mol. The van der Waals surface area contributed by atoms with Gasteiger partial charge in [0.25, 0.3) is 0 Å². The van der Waals surface area contributed by atoms with Crippen molar-refractivity contribution in [2.75, 3.05) is 13.2 Å². The molecule has 1 fully saturated rings. The lowest BCUT2D eigenvalue weighted by atomic mass is 10.0. The van der Waals surface area contributed by atoms with Crippen molar-refractivity contribution in [3.05, 3.63) is 42.0 Å². The summed E-state index contributed by atoms with van der Waals surface area (Å²) in [6, 6.07) is 8.24. The monoisotopic (exact) mass is 408 g/mol. The van der Waals surface area contributed by atoms with Gasteiger partial charge in [0.15, 0.2) is 0 Å². The Morgan fingerprint density at radius 1 is 1.07 bits per heavy atom. The Hall–Kier alpha value is -2.28. The van der Waals surface area contributed by atoms with Crippen LogP contribution in [0.25, 0.3) is 10.8 Å². The molecule has 1 heterocycles. The molecule has 1 amide bonds. The summed E-state index contributed by atoms with van der Waals surface area (Å²) in [5, 5.41) is 2.50. The standard InChI is InChI=1S/C22H27F3N2O2/c1-2-3-4-5-6-13-29-19-10-9-16-14-18(8-7-17(16)15-19)21(22(23,24)25)27-12-11-20(28)26-27/h7-10,14-15,21H,2-6,11-13H2,1H3,(H,26,28). The first kappa shape index (κ1) is 21.4. The number of ether oxygens (including phenoxy) is 1. The lowest BCUT2D eigenvalue weighted by Gasteiger charge is -2.29. The van der Waals surface area contributed by atoms with Crippen molar-refractivity contribution in [1.82, 2.24) is 10.4 Å². The molecule has 1 atom stereocenters. The molecular formula is C22H27F3N2O2. The maximum atomic E-state index is 13.7. The van der Waals surface area contributed by atoms with Gasteiger partial charge in [0.2, 0.25) is 5.91 Å². The second kappa shape index (κ2) is 9.48. The summed E-state index contributed by atoms with van der Waals surface area (Å²) in [6.07, 6.45) is 1.34. The lowest BCUT2D eigenvalue weighted by molar-refractivity contribution is -0.191. The fourth-order valence-electron chi connectivity index (χ4n) is 3.63. The minimum Gasteiger partial charge on any atom is -0.494 e. The summed E-state index contributed by atoms with van der Waals surface area (Å²) in [6.45, 7) is 2.85. The van der Waals surface area contributed by atoms with Gasteiger partial charge in [-0.3, -0.25) is 10.2 Å². The first-order chi connectivity index (χ1) is 13.9. The molecule has 1 saturated heterocycles. The second-order valence-corrected chi connectivity index (χ2v) is 7.45. The zero-order chi connectivity index (χ0) is 20.9. The zero-order valence-corrected chi connectivity index (χ0v) is 16.6. The largest absolute Gasteiger partial charge is 0.494 e. The van der Waals surface area contributed by atoms with E-state index in [1.165, 1.54) is 31.4 Å². The number of rotatable bonds is 9. The van der Waals surface area contributed by atoms with Crippen LogP contribution in [0.4, 0.5) is 13.2 Å². The molecule has 1 N–H and O–H groups in total. The Labute approximate surface area is 169 Å². The Morgan fingerprint density at radius 3 is 2.48 bits per heavy atom. The first-order valence-electron chi connectivity index (χ1n) is 10.2. The van der Waals surface area contributed by atoms with Crippen molar-refractivity contribution in [3.63, 3.8) is 0 Å². The fourth-order valence-corrected chi connectivity index (χ4v) is 3.63. The van der Waals surface area contributed by atoms with Gasteiger partial charge in [0.05, 0.1) is 6.61 Å². The third kappa shape index (κ3) is 5.63. The van der Waals surface area contributed by atoms with E-state index in [9.17, 15) is 18.0 Å². The highest BCUT2D eigenvalue weighted by atomic mass is 19.4. The molecule has 0 aliphatic carbocycles. The van der Waals surface area contributed by atoms with Crippen LogP contribution in [0.1, 0.15) is 57.1 Å². The van der Waals surface area contributed by atoms with E-state index >= 15 is 0 Å². The number of hydrazine groups is 1. The van der Waals surface area contributed by atoms with E-state index in [0.29, 0.717) is 12.0 Å². The number of hydrogen-bond acceptors (Lipinski definition) is 3. The summed E-state index contributed by atoms with van der Waals surface area (Å²) >= 11 is 0. The molecule has 1 aliphatic heterocycles. The van der Waals surface area contributed by atoms with E-state index in [1.807, 2.05) is 6.07 Å². The molecule has 1 unspecified atom stereocenters. The molecule has 29 heavy (non-hydrogen) atoms. The maximum absolute atomic E-state index is 13.7. The Balaban J connectivity index is 1.71. The molecule has 158 valence electrons. The van der Waals surface area contributed by atoms with Gasteiger partial charge in [-0.15, -0.1) is 0 Å². The number of carbonyl (C=O) groups is 1. The van der Waals surface area contributed by atoms with Gasteiger partial charge in [0, 0.05) is 13.0 Å². The van der Waals surface area contributed by atoms with Crippen molar-refractivity contribution in [2.45, 2.75) is 57.7 Å². The highest BCUT2D eigenvalue weighted by Gasteiger charge is 2.46. The van der Waals surface area contributed by atoms with Crippen molar-refractivity contribution in [3.8, 4) is 5.75 Å². The van der Waals surface area contributed by atoms with Crippen molar-refractivity contribution in [1.29, 1.82) is 0 Å². The van der Waals surface area contributed by atoms with Crippen LogP contribution in [-0.4, -0.2) is 30.2 Å². The number of nitrogens with zero attached hydrogens (tertiary/aromatic N) is 1. The molecule has 0 aromatic heterocycles. The summed E-state index contributed by atoms with van der Waals surface area (Å²) in [5.41, 5.74) is 2.42. The van der Waals surface area contributed by atoms with Crippen LogP contribution in [-0.2, 0) is 4.79 Å². The van der Waals surface area contributed by atoms with Crippen LogP contribution in [0.5, 0.6) is 5.75 Å². The summed E-state index contributed by atoms with van der Waals surface area (Å²) < 4.78 is 46.8. The number of amides is 1. The molecule has 0 saturated carbocycles. The molecule has 0 spiro atoms. The van der Waals surface area contributed by atoms with Crippen LogP contribution < -0.4 is 10.2 Å². The lowest BCUT2D eigenvalue weighted by Crippen LogP contribution is -2.43. The molecule has 2 aromatic rings. The van der Waals surface area contributed by atoms with Gasteiger partial charge in [-0.05, 0) is 41.0 Å². The van der Waals surface area contributed by atoms with Gasteiger partial charge < -0.3 is 4.74 Å². The molecule has 0 bridgehead atoms. The van der Waals surface area contributed by atoms with Gasteiger partial charge in [-0.25, -0.2) is 5.01 Å². The number of halogens is 3. The topological polar surface area (TPSA) is 41.6 Å². The SMILES string of the molecule is CCCCCCCOc1ccc2cc(C(N3CCC(=O)N3)C(F)(F)F)ccc2c1. The third-order valence-electron chi connectivity index (χ3n) is 5.14. The summed E-state index contributed by atoms with van der Waals surface area (Å²) in [4.78, 5) is 11.4. The van der Waals surface area contributed by atoms with Gasteiger partial charge in [0.1, 0.15) is 11.8 Å². The predicted molar refractivity (Wildman–Crippen MR) is 106 cm³/mol. The molecule has 3 rings (SSSR count). The molecule has 1 aliphatic rings. The fraction of sp³-hybridized carbons (Fsp3) is 0.500. The van der Waals surface area contributed by atoms with Crippen molar-refractivity contribution < 1.29 is 22.7 Å². The number of fused-ring (bicyclic) bond motifs is 1. The van der Waals surface area contributed by atoms with E-state index in [1.54, 1.807) is 18.2 Å². The summed E-state index contributed by atoms with van der Waals surface area (Å²) in [5.74, 6) is 0.330. The third-order valence-corrected chi connectivity index (χ3v) is 5.14. The first-order valence-corrected chi connectivity index (χ1v) is 10.2. The minimum atomic E-state index is -4.49. The van der Waals surface area contributed by atoms with Crippen LogP contribution >= 0.6 is 0 Å². The number of carbonyl (C=O) groups excluding carboxylic acids is 1. The van der Waals surface area contributed by atoms with Gasteiger partial charge in [-0.1, -0.05) is 50.8 Å². The number of unbranched alkanes of at least 4 members (excludes halogenated alkanes) is 4. The van der Waals surface area contributed by atoms with Gasteiger partial charge in [-0.2, -0.15) is 13.2 Å². The maximum Gasteiger partial charge on any atom is 0.409 e. The normalized spacial score (nSPS) is 16.2. The molecule has 0 radical (unpaired) electrons. The predicted octanol–water partition coefficient (Wildman–Crippen LogP) is 5.53. The van der Waals surface area contributed by atoms with Gasteiger partial charge >= 0.3 is 6.18 Å². The molecule has 2 aromatic carbocycles. The van der Waals surface area contributed by atoms with Crippen LogP contribution in [0.3, 0.4) is 0 Å². The number of hydrogen-bond donors (Lipinski definition) is 1.